The average molecular weight is 255 g/mol. The first-order valence-corrected chi connectivity index (χ1v) is 6.49. The van der Waals surface area contributed by atoms with Gasteiger partial charge in [0.2, 0.25) is 0 Å². The van der Waals surface area contributed by atoms with Crippen LogP contribution >= 0.6 is 0 Å². The van der Waals surface area contributed by atoms with Gasteiger partial charge in [0.15, 0.2) is 5.65 Å². The van der Waals surface area contributed by atoms with Gasteiger partial charge in [-0.25, -0.2) is 4.68 Å². The zero-order valence-corrected chi connectivity index (χ0v) is 11.1. The largest absolute Gasteiger partial charge is 0.383 e. The first-order valence-electron chi connectivity index (χ1n) is 6.49. The number of aromatic nitrogens is 4. The lowest BCUT2D eigenvalue weighted by Crippen LogP contribution is -2.06. The van der Waals surface area contributed by atoms with Gasteiger partial charge in [-0.05, 0) is 13.3 Å². The van der Waals surface area contributed by atoms with Crippen LogP contribution < -0.4 is 5.73 Å². The number of anilines is 1. The molecular formula is C14H17N5. The summed E-state index contributed by atoms with van der Waals surface area (Å²) >= 11 is 0. The van der Waals surface area contributed by atoms with Crippen molar-refractivity contribution < 1.29 is 0 Å². The van der Waals surface area contributed by atoms with E-state index in [4.69, 9.17) is 10.8 Å². The summed E-state index contributed by atoms with van der Waals surface area (Å²) in [6.45, 7) is 4.27. The molecule has 5 nitrogen and oxygen atoms in total. The SMILES string of the molecule is CCC(C)n1nc(-c2ccccc2)c2c(N)[nH]nc21. The van der Waals surface area contributed by atoms with E-state index in [9.17, 15) is 0 Å². The maximum absolute atomic E-state index is 6.00. The van der Waals surface area contributed by atoms with Crippen LogP contribution in [-0.4, -0.2) is 20.0 Å². The Balaban J connectivity index is 2.28. The molecule has 1 atom stereocenters. The number of fused-ring (bicyclic) bond motifs is 1. The molecule has 0 fully saturated rings. The smallest absolute Gasteiger partial charge is 0.182 e. The fraction of sp³-hybridized carbons (Fsp3) is 0.286. The molecule has 0 spiro atoms. The fourth-order valence-corrected chi connectivity index (χ4v) is 2.23. The van der Waals surface area contributed by atoms with Crippen molar-refractivity contribution >= 4 is 16.9 Å². The summed E-state index contributed by atoms with van der Waals surface area (Å²) in [7, 11) is 0. The molecule has 0 aliphatic carbocycles. The number of hydrogen-bond donors (Lipinski definition) is 2. The molecule has 0 saturated carbocycles. The Morgan fingerprint density at radius 3 is 2.74 bits per heavy atom. The predicted molar refractivity (Wildman–Crippen MR) is 76.7 cm³/mol. The molecule has 2 aromatic heterocycles. The van der Waals surface area contributed by atoms with E-state index in [1.807, 2.05) is 35.0 Å². The number of hydrogen-bond acceptors (Lipinski definition) is 3. The monoisotopic (exact) mass is 255 g/mol. The minimum absolute atomic E-state index is 0.294. The third-order valence-corrected chi connectivity index (χ3v) is 3.49. The number of nitrogens with two attached hydrogens (primary N) is 1. The van der Waals surface area contributed by atoms with Crippen LogP contribution in [0.3, 0.4) is 0 Å². The second-order valence-corrected chi connectivity index (χ2v) is 4.75. The molecule has 1 aromatic carbocycles. The lowest BCUT2D eigenvalue weighted by atomic mass is 10.1. The number of nitrogens with one attached hydrogen (secondary N) is 1. The minimum Gasteiger partial charge on any atom is -0.383 e. The molecule has 98 valence electrons. The van der Waals surface area contributed by atoms with Gasteiger partial charge in [-0.3, -0.25) is 5.10 Å². The molecule has 0 aliphatic rings. The molecule has 0 amide bonds. The van der Waals surface area contributed by atoms with Gasteiger partial charge in [-0.1, -0.05) is 37.3 Å². The van der Waals surface area contributed by atoms with Crippen LogP contribution in [0.4, 0.5) is 5.82 Å². The normalized spacial score (nSPS) is 12.9. The average Bonchev–Trinajstić information content (AvgIpc) is 3.00. The first-order chi connectivity index (χ1) is 9.22. The van der Waals surface area contributed by atoms with Crippen LogP contribution in [-0.2, 0) is 0 Å². The summed E-state index contributed by atoms with van der Waals surface area (Å²) in [5, 5.41) is 12.8. The van der Waals surface area contributed by atoms with E-state index in [2.05, 4.69) is 24.0 Å². The Hall–Kier alpha value is -2.30. The van der Waals surface area contributed by atoms with Gasteiger partial charge in [-0.2, -0.15) is 10.2 Å². The summed E-state index contributed by atoms with van der Waals surface area (Å²) in [5.41, 5.74) is 8.77. The second kappa shape index (κ2) is 4.42. The van der Waals surface area contributed by atoms with Crippen molar-refractivity contribution in [2.24, 2.45) is 0 Å². The van der Waals surface area contributed by atoms with Crippen molar-refractivity contribution in [3.8, 4) is 11.3 Å². The third kappa shape index (κ3) is 1.78. The van der Waals surface area contributed by atoms with Crippen LogP contribution in [0.1, 0.15) is 26.3 Å². The van der Waals surface area contributed by atoms with E-state index >= 15 is 0 Å². The summed E-state index contributed by atoms with van der Waals surface area (Å²) < 4.78 is 1.95. The van der Waals surface area contributed by atoms with Crippen LogP contribution in [0.5, 0.6) is 0 Å². The zero-order valence-electron chi connectivity index (χ0n) is 11.1. The number of nitrogens with zero attached hydrogens (tertiary/aromatic N) is 3. The van der Waals surface area contributed by atoms with Crippen molar-refractivity contribution in [1.29, 1.82) is 0 Å². The molecule has 1 unspecified atom stereocenters. The standard InChI is InChI=1S/C14H17N5/c1-3-9(2)19-14-11(13(15)16-17-14)12(18-19)10-7-5-4-6-8-10/h4-9H,3H2,1-2H3,(H3,15,16,17). The molecule has 3 aromatic rings. The van der Waals surface area contributed by atoms with E-state index in [1.165, 1.54) is 0 Å². The van der Waals surface area contributed by atoms with Gasteiger partial charge < -0.3 is 5.73 Å². The lowest BCUT2D eigenvalue weighted by molar-refractivity contribution is 0.490. The number of nitrogen functional groups attached to an aromatic ring is 1. The fourth-order valence-electron chi connectivity index (χ4n) is 2.23. The van der Waals surface area contributed by atoms with Gasteiger partial charge in [0.1, 0.15) is 11.5 Å². The van der Waals surface area contributed by atoms with Gasteiger partial charge in [0, 0.05) is 5.56 Å². The van der Waals surface area contributed by atoms with E-state index in [0.717, 1.165) is 28.7 Å². The molecule has 3 N–H and O–H groups in total. The maximum Gasteiger partial charge on any atom is 0.182 e. The van der Waals surface area contributed by atoms with Gasteiger partial charge >= 0.3 is 0 Å². The lowest BCUT2D eigenvalue weighted by Gasteiger charge is -2.08. The van der Waals surface area contributed by atoms with Gasteiger partial charge in [-0.15, -0.1) is 0 Å². The molecule has 3 rings (SSSR count). The molecule has 0 saturated heterocycles. The van der Waals surface area contributed by atoms with Crippen molar-refractivity contribution in [1.82, 2.24) is 20.0 Å². The second-order valence-electron chi connectivity index (χ2n) is 4.75. The highest BCUT2D eigenvalue weighted by molar-refractivity contribution is 5.98. The molecule has 0 radical (unpaired) electrons. The van der Waals surface area contributed by atoms with Gasteiger partial charge in [0.25, 0.3) is 0 Å². The molecular weight excluding hydrogens is 238 g/mol. The number of aromatic amines is 1. The number of H-pyrrole nitrogens is 1. The Labute approximate surface area is 111 Å². The Kier molecular flexibility index (Phi) is 2.74. The predicted octanol–water partition coefficient (Wildman–Crippen LogP) is 2.98. The van der Waals surface area contributed by atoms with Crippen LogP contribution in [0, 0.1) is 0 Å². The van der Waals surface area contributed by atoms with Crippen LogP contribution in [0.25, 0.3) is 22.3 Å². The van der Waals surface area contributed by atoms with Crippen molar-refractivity contribution in [3.05, 3.63) is 30.3 Å². The molecule has 5 heteroatoms. The zero-order chi connectivity index (χ0) is 13.4. The molecule has 0 aliphatic heterocycles. The molecule has 19 heavy (non-hydrogen) atoms. The molecule has 0 bridgehead atoms. The van der Waals surface area contributed by atoms with E-state index in [1.54, 1.807) is 0 Å². The van der Waals surface area contributed by atoms with E-state index < -0.39 is 0 Å². The van der Waals surface area contributed by atoms with Crippen LogP contribution in [0.15, 0.2) is 30.3 Å². The Bertz CT molecular complexity index is 695. The molecule has 2 heterocycles. The highest BCUT2D eigenvalue weighted by atomic mass is 15.4. The number of benzene rings is 1. The Morgan fingerprint density at radius 1 is 1.32 bits per heavy atom. The number of rotatable bonds is 3. The van der Waals surface area contributed by atoms with E-state index in [-0.39, 0.29) is 0 Å². The topological polar surface area (TPSA) is 72.5 Å². The maximum atomic E-state index is 6.00. The van der Waals surface area contributed by atoms with Crippen LogP contribution in [0.2, 0.25) is 0 Å². The van der Waals surface area contributed by atoms with Gasteiger partial charge in [0.05, 0.1) is 11.4 Å². The summed E-state index contributed by atoms with van der Waals surface area (Å²) in [5.74, 6) is 0.573. The first kappa shape index (κ1) is 11.8. The highest BCUT2D eigenvalue weighted by Gasteiger charge is 2.19. The summed E-state index contributed by atoms with van der Waals surface area (Å²) in [4.78, 5) is 0. The Morgan fingerprint density at radius 2 is 2.05 bits per heavy atom. The van der Waals surface area contributed by atoms with E-state index in [0.29, 0.717) is 11.9 Å². The summed E-state index contributed by atoms with van der Waals surface area (Å²) in [6.07, 6.45) is 0.998. The minimum atomic E-state index is 0.294. The third-order valence-electron chi connectivity index (χ3n) is 3.49. The highest BCUT2D eigenvalue weighted by Crippen LogP contribution is 2.32. The van der Waals surface area contributed by atoms with Crippen molar-refractivity contribution in [3.63, 3.8) is 0 Å². The summed E-state index contributed by atoms with van der Waals surface area (Å²) in [6, 6.07) is 10.4. The van der Waals surface area contributed by atoms with Crippen molar-refractivity contribution in [2.75, 3.05) is 5.73 Å². The quantitative estimate of drug-likeness (QED) is 0.755. The van der Waals surface area contributed by atoms with Crippen molar-refractivity contribution in [2.45, 2.75) is 26.3 Å².